The number of unbranched alkanes of at least 4 members (excludes halogenated alkanes) is 3. The summed E-state index contributed by atoms with van der Waals surface area (Å²) in [6.07, 6.45) is 22.4. The molecule has 0 fully saturated rings. The molecule has 2 aliphatic heterocycles. The van der Waals surface area contributed by atoms with Gasteiger partial charge in [-0.15, -0.1) is 9.81 Å². The van der Waals surface area contributed by atoms with E-state index < -0.39 is 0 Å². The zero-order valence-electron chi connectivity index (χ0n) is 13.6. The Balaban J connectivity index is 1.65. The molecule has 24 heavy (non-hydrogen) atoms. The highest BCUT2D eigenvalue weighted by Crippen LogP contribution is 2.16. The topological polar surface area (TPSA) is 65.3 Å². The summed E-state index contributed by atoms with van der Waals surface area (Å²) in [6.45, 7) is 1.74. The first-order valence-corrected chi connectivity index (χ1v) is 8.13. The lowest BCUT2D eigenvalue weighted by Crippen LogP contribution is -2.19. The van der Waals surface area contributed by atoms with Gasteiger partial charge in [-0.25, -0.2) is 0 Å². The average molecular weight is 326 g/mol. The van der Waals surface area contributed by atoms with Crippen LogP contribution in [-0.4, -0.2) is 22.9 Å². The average Bonchev–Trinajstić information content (AvgIpc) is 2.61. The Bertz CT molecular complexity index is 561. The molecular formula is C18H22N4O2. The van der Waals surface area contributed by atoms with Gasteiger partial charge in [0.15, 0.2) is 0 Å². The highest BCUT2D eigenvalue weighted by molar-refractivity contribution is 5.28. The number of allylic oxidation sites excluding steroid dienone is 6. The lowest BCUT2D eigenvalue weighted by molar-refractivity contribution is 0.420. The zero-order valence-corrected chi connectivity index (χ0v) is 13.6. The first-order chi connectivity index (χ1) is 11.8. The maximum absolute atomic E-state index is 10.4. The zero-order chi connectivity index (χ0) is 17.0. The van der Waals surface area contributed by atoms with Crippen molar-refractivity contribution in [1.82, 2.24) is 9.80 Å². The number of rotatable bonds is 9. The van der Waals surface area contributed by atoms with Crippen LogP contribution in [0.25, 0.3) is 0 Å². The van der Waals surface area contributed by atoms with Crippen molar-refractivity contribution in [3.8, 4) is 0 Å². The fourth-order valence-electron chi connectivity index (χ4n) is 2.65. The van der Waals surface area contributed by atoms with Gasteiger partial charge in [0.05, 0.1) is 23.8 Å². The number of hydrogen-bond donors (Lipinski definition) is 0. The molecule has 2 rings (SSSR count). The van der Waals surface area contributed by atoms with Gasteiger partial charge in [0.2, 0.25) is 0 Å². The Morgan fingerprint density at radius 3 is 1.58 bits per heavy atom. The second-order valence-electron chi connectivity index (χ2n) is 5.52. The van der Waals surface area contributed by atoms with Crippen molar-refractivity contribution in [3.63, 3.8) is 0 Å². The lowest BCUT2D eigenvalue weighted by atomic mass is 10.1. The standard InChI is InChI=1S/C18H22N4O2/c23-19-15-17-9-3-7-13-21(17)11-5-1-2-6-12-22-14-8-4-10-18(22)16-20-24/h3-4,7-10,13-16H,1-2,5-6,11-12H2/b17-15+,18-16+. The van der Waals surface area contributed by atoms with Crippen LogP contribution in [0.15, 0.2) is 83.0 Å². The van der Waals surface area contributed by atoms with Crippen LogP contribution in [0, 0.1) is 9.81 Å². The number of nitrogens with zero attached hydrogens (tertiary/aromatic N) is 4. The van der Waals surface area contributed by atoms with E-state index in [0.717, 1.165) is 50.2 Å². The molecule has 0 atom stereocenters. The third kappa shape index (κ3) is 5.46. The first-order valence-electron chi connectivity index (χ1n) is 8.13. The fraction of sp³-hybridized carbons (Fsp3) is 0.333. The molecule has 0 aromatic heterocycles. The fourth-order valence-corrected chi connectivity index (χ4v) is 2.65. The van der Waals surface area contributed by atoms with Gasteiger partial charge in [0.25, 0.3) is 0 Å². The Kier molecular flexibility index (Phi) is 7.40. The largest absolute Gasteiger partial charge is 0.347 e. The minimum Gasteiger partial charge on any atom is -0.347 e. The summed E-state index contributed by atoms with van der Waals surface area (Å²) in [5, 5.41) is 5.70. The summed E-state index contributed by atoms with van der Waals surface area (Å²) in [5.41, 5.74) is 1.66. The van der Waals surface area contributed by atoms with E-state index in [-0.39, 0.29) is 0 Å². The summed E-state index contributed by atoms with van der Waals surface area (Å²) in [6, 6.07) is 0. The summed E-state index contributed by atoms with van der Waals surface area (Å²) in [7, 11) is 0. The molecule has 0 unspecified atom stereocenters. The molecule has 0 saturated heterocycles. The number of hydrogen-bond acceptors (Lipinski definition) is 6. The minimum atomic E-state index is 0.828. The van der Waals surface area contributed by atoms with E-state index in [1.807, 2.05) is 58.7 Å². The lowest BCUT2D eigenvalue weighted by Gasteiger charge is -2.23. The van der Waals surface area contributed by atoms with E-state index in [1.165, 1.54) is 12.4 Å². The van der Waals surface area contributed by atoms with E-state index in [9.17, 15) is 9.81 Å². The highest BCUT2D eigenvalue weighted by Gasteiger charge is 2.08. The quantitative estimate of drug-likeness (QED) is 0.461. The smallest absolute Gasteiger partial charge is 0.0951 e. The van der Waals surface area contributed by atoms with Gasteiger partial charge in [-0.05, 0) is 47.5 Å². The summed E-state index contributed by atoms with van der Waals surface area (Å²) in [5.74, 6) is 0. The predicted octanol–water partition coefficient (Wildman–Crippen LogP) is 4.53. The third-order valence-electron chi connectivity index (χ3n) is 3.87. The molecule has 2 heterocycles. The molecule has 0 aromatic carbocycles. The molecule has 0 radical (unpaired) electrons. The van der Waals surface area contributed by atoms with Crippen molar-refractivity contribution in [2.75, 3.05) is 13.1 Å². The van der Waals surface area contributed by atoms with Crippen LogP contribution in [-0.2, 0) is 0 Å². The molecule has 0 spiro atoms. The maximum Gasteiger partial charge on any atom is 0.0951 e. The second-order valence-corrected chi connectivity index (χ2v) is 5.52. The number of nitroso groups, excluding NO2 is 2. The van der Waals surface area contributed by atoms with Gasteiger partial charge >= 0.3 is 0 Å². The van der Waals surface area contributed by atoms with Gasteiger partial charge < -0.3 is 9.80 Å². The molecule has 0 aromatic rings. The molecule has 0 bridgehead atoms. The van der Waals surface area contributed by atoms with Gasteiger partial charge in [0, 0.05) is 25.5 Å². The van der Waals surface area contributed by atoms with E-state index in [4.69, 9.17) is 0 Å². The SMILES string of the molecule is O=N/C=C1\C=CC=CN1CCCCCCN1C=CC=C/C1=C\N=O. The van der Waals surface area contributed by atoms with E-state index >= 15 is 0 Å². The van der Waals surface area contributed by atoms with Gasteiger partial charge in [-0.2, -0.15) is 0 Å². The van der Waals surface area contributed by atoms with Crippen molar-refractivity contribution < 1.29 is 0 Å². The monoisotopic (exact) mass is 326 g/mol. The van der Waals surface area contributed by atoms with Crippen LogP contribution in [0.1, 0.15) is 25.7 Å². The van der Waals surface area contributed by atoms with E-state index in [2.05, 4.69) is 10.4 Å². The second kappa shape index (κ2) is 10.1. The van der Waals surface area contributed by atoms with Crippen molar-refractivity contribution in [2.24, 2.45) is 10.4 Å². The Hall–Kier alpha value is -2.76. The third-order valence-corrected chi connectivity index (χ3v) is 3.87. The molecule has 0 amide bonds. The Labute approximate surface area is 142 Å². The molecule has 0 saturated carbocycles. The molecule has 6 heteroatoms. The highest BCUT2D eigenvalue weighted by atomic mass is 16.3. The molecule has 126 valence electrons. The first kappa shape index (κ1) is 17.6. The summed E-state index contributed by atoms with van der Waals surface area (Å²) in [4.78, 5) is 24.9. The Morgan fingerprint density at radius 1 is 0.708 bits per heavy atom. The summed E-state index contributed by atoms with van der Waals surface area (Å²) < 4.78 is 0. The van der Waals surface area contributed by atoms with Gasteiger partial charge in [-0.1, -0.05) is 25.0 Å². The van der Waals surface area contributed by atoms with Gasteiger partial charge in [0.1, 0.15) is 0 Å². The molecule has 0 N–H and O–H groups in total. The van der Waals surface area contributed by atoms with Crippen molar-refractivity contribution >= 4 is 0 Å². The van der Waals surface area contributed by atoms with Crippen molar-refractivity contribution in [3.05, 3.63) is 82.5 Å². The van der Waals surface area contributed by atoms with Crippen molar-refractivity contribution in [1.29, 1.82) is 0 Å². The van der Waals surface area contributed by atoms with Crippen LogP contribution in [0.3, 0.4) is 0 Å². The van der Waals surface area contributed by atoms with E-state index in [1.54, 1.807) is 0 Å². The van der Waals surface area contributed by atoms with Crippen LogP contribution in [0.5, 0.6) is 0 Å². The van der Waals surface area contributed by atoms with Crippen LogP contribution in [0.4, 0.5) is 0 Å². The molecule has 0 aliphatic carbocycles. The molecule has 2 aliphatic rings. The normalized spacial score (nSPS) is 19.5. The molecule has 6 nitrogen and oxygen atoms in total. The molecular weight excluding hydrogens is 304 g/mol. The summed E-state index contributed by atoms with van der Waals surface area (Å²) >= 11 is 0. The maximum atomic E-state index is 10.4. The minimum absolute atomic E-state index is 0.828. The Morgan fingerprint density at radius 2 is 1.17 bits per heavy atom. The predicted molar refractivity (Wildman–Crippen MR) is 96.2 cm³/mol. The van der Waals surface area contributed by atoms with Crippen LogP contribution < -0.4 is 0 Å². The van der Waals surface area contributed by atoms with E-state index in [0.29, 0.717) is 0 Å². The van der Waals surface area contributed by atoms with Crippen molar-refractivity contribution in [2.45, 2.75) is 25.7 Å². The van der Waals surface area contributed by atoms with Crippen LogP contribution >= 0.6 is 0 Å². The van der Waals surface area contributed by atoms with Crippen LogP contribution in [0.2, 0.25) is 0 Å². The van der Waals surface area contributed by atoms with Gasteiger partial charge in [-0.3, -0.25) is 0 Å².